The fourth-order valence-electron chi connectivity index (χ4n) is 4.56. The summed E-state index contributed by atoms with van der Waals surface area (Å²) in [5.41, 5.74) is 2.63. The van der Waals surface area contributed by atoms with Gasteiger partial charge in [0.15, 0.2) is 5.82 Å². The average molecular weight is 481 g/mol. The Morgan fingerprint density at radius 1 is 0.857 bits per heavy atom. The van der Waals surface area contributed by atoms with Gasteiger partial charge in [-0.25, -0.2) is 9.97 Å². The lowest BCUT2D eigenvalue weighted by molar-refractivity contribution is 0.181. The van der Waals surface area contributed by atoms with Crippen molar-refractivity contribution in [3.63, 3.8) is 0 Å². The summed E-state index contributed by atoms with van der Waals surface area (Å²) in [5, 5.41) is 7.06. The molecule has 0 aliphatic carbocycles. The number of imidazole rings is 1. The van der Waals surface area contributed by atoms with E-state index in [-0.39, 0.29) is 6.04 Å². The second kappa shape index (κ2) is 14.8. The summed E-state index contributed by atoms with van der Waals surface area (Å²) in [6, 6.07) is 9.14. The number of aromatic amines is 2. The standard InChI is InChI=1S/C27H44N8/c1-5-15-34(16-6-2)18-8-7-17-33(4)19-24-9-11-25(12-10-24)20-35(21-26-30-22-31-32-26)23(3)27-28-13-14-29-27/h9-14,22-23H,5-8,15-21H2,1-4H3,(H,28,29)(H,30,31,32). The zero-order valence-electron chi connectivity index (χ0n) is 22.1. The molecule has 0 saturated heterocycles. The van der Waals surface area contributed by atoms with Gasteiger partial charge in [-0.1, -0.05) is 38.1 Å². The summed E-state index contributed by atoms with van der Waals surface area (Å²) < 4.78 is 0. The third-order valence-electron chi connectivity index (χ3n) is 6.48. The molecule has 0 aliphatic heterocycles. The summed E-state index contributed by atoms with van der Waals surface area (Å²) >= 11 is 0. The normalized spacial score (nSPS) is 12.8. The minimum absolute atomic E-state index is 0.125. The van der Waals surface area contributed by atoms with Crippen LogP contribution in [0.4, 0.5) is 0 Å². The maximum absolute atomic E-state index is 4.46. The van der Waals surface area contributed by atoms with E-state index in [4.69, 9.17) is 0 Å². The van der Waals surface area contributed by atoms with Crippen molar-refractivity contribution in [2.75, 3.05) is 33.2 Å². The number of nitrogens with one attached hydrogen (secondary N) is 2. The molecule has 192 valence electrons. The van der Waals surface area contributed by atoms with Gasteiger partial charge in [-0.2, -0.15) is 5.10 Å². The van der Waals surface area contributed by atoms with Crippen LogP contribution in [0, 0.1) is 0 Å². The summed E-state index contributed by atoms with van der Waals surface area (Å²) in [5.74, 6) is 1.74. The van der Waals surface area contributed by atoms with Crippen molar-refractivity contribution < 1.29 is 0 Å². The fraction of sp³-hybridized carbons (Fsp3) is 0.593. The molecule has 3 rings (SSSR count). The highest BCUT2D eigenvalue weighted by Gasteiger charge is 2.20. The topological polar surface area (TPSA) is 80.0 Å². The van der Waals surface area contributed by atoms with Gasteiger partial charge in [0.05, 0.1) is 12.6 Å². The van der Waals surface area contributed by atoms with Crippen LogP contribution in [-0.2, 0) is 19.6 Å². The van der Waals surface area contributed by atoms with Gasteiger partial charge in [0, 0.05) is 25.5 Å². The van der Waals surface area contributed by atoms with E-state index < -0.39 is 0 Å². The molecule has 35 heavy (non-hydrogen) atoms. The zero-order chi connectivity index (χ0) is 24.9. The highest BCUT2D eigenvalue weighted by Crippen LogP contribution is 2.21. The van der Waals surface area contributed by atoms with E-state index in [0.717, 1.165) is 31.3 Å². The first-order valence-electron chi connectivity index (χ1n) is 13.2. The average Bonchev–Trinajstić information content (AvgIpc) is 3.57. The van der Waals surface area contributed by atoms with Crippen LogP contribution < -0.4 is 0 Å². The van der Waals surface area contributed by atoms with E-state index in [2.05, 4.69) is 91.9 Å². The first-order chi connectivity index (χ1) is 17.1. The molecular formula is C27H44N8. The molecule has 8 heteroatoms. The Morgan fingerprint density at radius 2 is 1.54 bits per heavy atom. The molecule has 0 fully saturated rings. The quantitative estimate of drug-likeness (QED) is 0.274. The van der Waals surface area contributed by atoms with Gasteiger partial charge in [-0.15, -0.1) is 0 Å². The van der Waals surface area contributed by atoms with E-state index in [1.807, 2.05) is 6.20 Å². The van der Waals surface area contributed by atoms with Crippen molar-refractivity contribution in [2.24, 2.45) is 0 Å². The molecule has 1 aromatic carbocycles. The molecule has 2 N–H and O–H groups in total. The smallest absolute Gasteiger partial charge is 0.164 e. The summed E-state index contributed by atoms with van der Waals surface area (Å²) in [7, 11) is 2.23. The molecule has 1 atom stereocenters. The number of benzene rings is 1. The zero-order valence-corrected chi connectivity index (χ0v) is 22.1. The first-order valence-corrected chi connectivity index (χ1v) is 13.2. The summed E-state index contributed by atoms with van der Waals surface area (Å²) in [4.78, 5) is 19.4. The van der Waals surface area contributed by atoms with Crippen molar-refractivity contribution in [1.82, 2.24) is 39.8 Å². The Balaban J connectivity index is 1.48. The number of nitrogens with zero attached hydrogens (tertiary/aromatic N) is 6. The van der Waals surface area contributed by atoms with Crippen LogP contribution in [0.5, 0.6) is 0 Å². The fourth-order valence-corrected chi connectivity index (χ4v) is 4.56. The second-order valence-electron chi connectivity index (χ2n) is 9.57. The Hall–Kier alpha value is -2.55. The third kappa shape index (κ3) is 9.20. The Bertz CT molecular complexity index is 901. The predicted molar refractivity (Wildman–Crippen MR) is 142 cm³/mol. The van der Waals surface area contributed by atoms with Gasteiger partial charge in [0.25, 0.3) is 0 Å². The van der Waals surface area contributed by atoms with Gasteiger partial charge >= 0.3 is 0 Å². The monoisotopic (exact) mass is 480 g/mol. The molecule has 1 unspecified atom stereocenters. The molecule has 3 aromatic rings. The molecule has 2 aromatic heterocycles. The van der Waals surface area contributed by atoms with Crippen LogP contribution >= 0.6 is 0 Å². The minimum Gasteiger partial charge on any atom is -0.347 e. The van der Waals surface area contributed by atoms with E-state index in [1.54, 1.807) is 12.5 Å². The minimum atomic E-state index is 0.125. The second-order valence-corrected chi connectivity index (χ2v) is 9.57. The van der Waals surface area contributed by atoms with Crippen molar-refractivity contribution in [3.05, 3.63) is 65.8 Å². The third-order valence-corrected chi connectivity index (χ3v) is 6.48. The van der Waals surface area contributed by atoms with Gasteiger partial charge in [-0.05, 0) is 77.0 Å². The van der Waals surface area contributed by atoms with Crippen molar-refractivity contribution in [2.45, 2.75) is 72.1 Å². The van der Waals surface area contributed by atoms with Crippen LogP contribution in [0.3, 0.4) is 0 Å². The molecule has 2 heterocycles. The molecule has 0 radical (unpaired) electrons. The van der Waals surface area contributed by atoms with Crippen LogP contribution in [-0.4, -0.2) is 73.1 Å². The van der Waals surface area contributed by atoms with Crippen molar-refractivity contribution in [3.8, 4) is 0 Å². The van der Waals surface area contributed by atoms with Gasteiger partial charge < -0.3 is 14.8 Å². The number of hydrogen-bond acceptors (Lipinski definition) is 6. The van der Waals surface area contributed by atoms with Gasteiger partial charge in [0.2, 0.25) is 0 Å². The van der Waals surface area contributed by atoms with Crippen molar-refractivity contribution >= 4 is 0 Å². The van der Waals surface area contributed by atoms with Crippen LogP contribution in [0.15, 0.2) is 43.0 Å². The van der Waals surface area contributed by atoms with Crippen LogP contribution in [0.1, 0.15) is 75.3 Å². The van der Waals surface area contributed by atoms with Crippen LogP contribution in [0.2, 0.25) is 0 Å². The van der Waals surface area contributed by atoms with Gasteiger partial charge in [0.1, 0.15) is 12.2 Å². The molecule has 8 nitrogen and oxygen atoms in total. The molecule has 0 aliphatic rings. The Kier molecular flexibility index (Phi) is 11.4. The lowest BCUT2D eigenvalue weighted by Gasteiger charge is -2.27. The van der Waals surface area contributed by atoms with Gasteiger partial charge in [-0.3, -0.25) is 10.00 Å². The largest absolute Gasteiger partial charge is 0.347 e. The molecular weight excluding hydrogens is 436 g/mol. The van der Waals surface area contributed by atoms with E-state index >= 15 is 0 Å². The van der Waals surface area contributed by atoms with E-state index in [1.165, 1.54) is 56.4 Å². The van der Waals surface area contributed by atoms with Crippen molar-refractivity contribution in [1.29, 1.82) is 0 Å². The molecule has 0 amide bonds. The lowest BCUT2D eigenvalue weighted by Crippen LogP contribution is -2.28. The number of rotatable bonds is 17. The highest BCUT2D eigenvalue weighted by atomic mass is 15.2. The molecule has 0 bridgehead atoms. The molecule has 0 spiro atoms. The van der Waals surface area contributed by atoms with Crippen LogP contribution in [0.25, 0.3) is 0 Å². The maximum atomic E-state index is 4.46. The van der Waals surface area contributed by atoms with E-state index in [9.17, 15) is 0 Å². The summed E-state index contributed by atoms with van der Waals surface area (Å²) in [6.07, 6.45) is 10.3. The Labute approximate surface area is 211 Å². The lowest BCUT2D eigenvalue weighted by atomic mass is 10.1. The van der Waals surface area contributed by atoms with E-state index in [0.29, 0.717) is 6.54 Å². The first kappa shape index (κ1) is 27.0. The number of H-pyrrole nitrogens is 2. The number of hydrogen-bond donors (Lipinski definition) is 2. The predicted octanol–water partition coefficient (Wildman–Crippen LogP) is 4.63. The number of unbranched alkanes of at least 4 members (excludes halogenated alkanes) is 1. The summed E-state index contributed by atoms with van der Waals surface area (Å²) in [6.45, 7) is 14.0. The molecule has 0 saturated carbocycles. The SMILES string of the molecule is CCCN(CCC)CCCCN(C)Cc1ccc(CN(Cc2nc[nH]n2)C(C)c2ncc[nH]2)cc1. The highest BCUT2D eigenvalue weighted by molar-refractivity contribution is 5.22. The maximum Gasteiger partial charge on any atom is 0.164 e. The number of aromatic nitrogens is 5. The Morgan fingerprint density at radius 3 is 2.14 bits per heavy atom.